The minimum absolute atomic E-state index is 0.0931. The van der Waals surface area contributed by atoms with Crippen molar-refractivity contribution in [2.24, 2.45) is 0 Å². The molecule has 162 valence electrons. The van der Waals surface area contributed by atoms with Crippen molar-refractivity contribution in [3.05, 3.63) is 106 Å². The molecule has 6 heteroatoms. The van der Waals surface area contributed by atoms with Gasteiger partial charge in [-0.15, -0.1) is 0 Å². The number of halogens is 1. The summed E-state index contributed by atoms with van der Waals surface area (Å²) in [6.07, 6.45) is 0.601. The van der Waals surface area contributed by atoms with Crippen LogP contribution >= 0.6 is 15.9 Å². The van der Waals surface area contributed by atoms with E-state index in [1.807, 2.05) is 54.6 Å². The van der Waals surface area contributed by atoms with Gasteiger partial charge in [0.05, 0.1) is 18.7 Å². The molecule has 3 aromatic rings. The quantitative estimate of drug-likeness (QED) is 0.295. The molecule has 0 saturated carbocycles. The number of rotatable bonds is 6. The van der Waals surface area contributed by atoms with Gasteiger partial charge in [0.25, 0.3) is 11.7 Å². The van der Waals surface area contributed by atoms with E-state index in [9.17, 15) is 14.7 Å². The van der Waals surface area contributed by atoms with E-state index in [1.54, 1.807) is 36.3 Å². The monoisotopic (exact) mass is 491 g/mol. The lowest BCUT2D eigenvalue weighted by molar-refractivity contribution is -0.139. The minimum Gasteiger partial charge on any atom is -0.507 e. The van der Waals surface area contributed by atoms with Crippen LogP contribution in [-0.4, -0.2) is 35.4 Å². The number of Topliss-reactive ketones (excluding diaryl/α,β-unsaturated/α-hetero) is 1. The maximum Gasteiger partial charge on any atom is 0.295 e. The lowest BCUT2D eigenvalue weighted by Crippen LogP contribution is -2.31. The van der Waals surface area contributed by atoms with Crippen LogP contribution in [0.15, 0.2) is 88.9 Å². The van der Waals surface area contributed by atoms with E-state index < -0.39 is 17.7 Å². The number of ether oxygens (including phenoxy) is 1. The van der Waals surface area contributed by atoms with Crippen molar-refractivity contribution in [1.82, 2.24) is 4.90 Å². The molecule has 1 saturated heterocycles. The van der Waals surface area contributed by atoms with E-state index in [2.05, 4.69) is 15.9 Å². The molecule has 1 aliphatic heterocycles. The molecule has 1 fully saturated rings. The first-order valence-electron chi connectivity index (χ1n) is 10.2. The number of aliphatic hydroxyl groups excluding tert-OH is 1. The zero-order chi connectivity index (χ0) is 22.7. The highest BCUT2D eigenvalue weighted by molar-refractivity contribution is 9.10. The highest BCUT2D eigenvalue weighted by Crippen LogP contribution is 2.39. The van der Waals surface area contributed by atoms with E-state index in [4.69, 9.17) is 4.74 Å². The average molecular weight is 492 g/mol. The summed E-state index contributed by atoms with van der Waals surface area (Å²) in [6, 6.07) is 23.3. The molecule has 1 aliphatic rings. The van der Waals surface area contributed by atoms with Crippen LogP contribution in [0.4, 0.5) is 0 Å². The number of ketones is 1. The van der Waals surface area contributed by atoms with Crippen molar-refractivity contribution < 1.29 is 19.4 Å². The molecule has 0 aromatic heterocycles. The van der Waals surface area contributed by atoms with Crippen LogP contribution in [0.25, 0.3) is 5.76 Å². The van der Waals surface area contributed by atoms with Crippen LogP contribution in [0.5, 0.6) is 5.75 Å². The Balaban J connectivity index is 1.77. The van der Waals surface area contributed by atoms with Gasteiger partial charge in [-0.3, -0.25) is 9.59 Å². The third-order valence-electron chi connectivity index (χ3n) is 5.57. The lowest BCUT2D eigenvalue weighted by atomic mass is 9.95. The average Bonchev–Trinajstić information content (AvgIpc) is 3.08. The van der Waals surface area contributed by atoms with Crippen molar-refractivity contribution in [3.63, 3.8) is 0 Å². The summed E-state index contributed by atoms with van der Waals surface area (Å²) < 4.78 is 6.06. The van der Waals surface area contributed by atoms with Crippen LogP contribution in [0, 0.1) is 0 Å². The highest BCUT2D eigenvalue weighted by Gasteiger charge is 2.45. The SMILES string of the molecule is COc1ccc(/C(O)=C2\C(=O)C(=O)N(CCc3ccccc3)C2c2ccc(Br)cc2)cc1. The van der Waals surface area contributed by atoms with Gasteiger partial charge in [0.2, 0.25) is 0 Å². The lowest BCUT2D eigenvalue weighted by Gasteiger charge is -2.25. The van der Waals surface area contributed by atoms with Crippen molar-refractivity contribution in [1.29, 1.82) is 0 Å². The Bertz CT molecular complexity index is 1150. The Kier molecular flexibility index (Phi) is 6.42. The summed E-state index contributed by atoms with van der Waals surface area (Å²) in [6.45, 7) is 0.356. The fraction of sp³-hybridized carbons (Fsp3) is 0.154. The molecule has 1 unspecified atom stereocenters. The Morgan fingerprint density at radius 1 is 0.969 bits per heavy atom. The number of hydrogen-bond donors (Lipinski definition) is 1. The van der Waals surface area contributed by atoms with Crippen molar-refractivity contribution >= 4 is 33.4 Å². The first-order valence-corrected chi connectivity index (χ1v) is 11.0. The maximum atomic E-state index is 13.1. The molecule has 0 radical (unpaired) electrons. The van der Waals surface area contributed by atoms with Gasteiger partial charge >= 0.3 is 0 Å². The second-order valence-corrected chi connectivity index (χ2v) is 8.42. The predicted molar refractivity (Wildman–Crippen MR) is 126 cm³/mol. The Labute approximate surface area is 195 Å². The molecular formula is C26H22BrNO4. The van der Waals surface area contributed by atoms with Gasteiger partial charge in [-0.1, -0.05) is 58.4 Å². The molecule has 1 atom stereocenters. The van der Waals surface area contributed by atoms with Crippen molar-refractivity contribution in [2.75, 3.05) is 13.7 Å². The molecule has 5 nitrogen and oxygen atoms in total. The number of benzene rings is 3. The minimum atomic E-state index is -0.681. The molecule has 0 spiro atoms. The van der Waals surface area contributed by atoms with Crippen LogP contribution in [-0.2, 0) is 16.0 Å². The molecular weight excluding hydrogens is 470 g/mol. The topological polar surface area (TPSA) is 66.8 Å². The van der Waals surface area contributed by atoms with Gasteiger partial charge in [-0.05, 0) is 53.9 Å². The zero-order valence-corrected chi connectivity index (χ0v) is 19.1. The van der Waals surface area contributed by atoms with Crippen LogP contribution < -0.4 is 4.74 Å². The normalized spacial score (nSPS) is 17.6. The van der Waals surface area contributed by atoms with Gasteiger partial charge < -0.3 is 14.7 Å². The molecule has 32 heavy (non-hydrogen) atoms. The molecule has 0 aliphatic carbocycles. The van der Waals surface area contributed by atoms with E-state index >= 15 is 0 Å². The number of nitrogens with zero attached hydrogens (tertiary/aromatic N) is 1. The largest absolute Gasteiger partial charge is 0.507 e. The second kappa shape index (κ2) is 9.40. The summed E-state index contributed by atoms with van der Waals surface area (Å²) in [5, 5.41) is 11.1. The summed E-state index contributed by atoms with van der Waals surface area (Å²) >= 11 is 3.43. The van der Waals surface area contributed by atoms with Gasteiger partial charge in [-0.2, -0.15) is 0 Å². The Morgan fingerprint density at radius 2 is 1.62 bits per heavy atom. The Morgan fingerprint density at radius 3 is 2.25 bits per heavy atom. The summed E-state index contributed by atoms with van der Waals surface area (Å²) in [5.74, 6) is -0.848. The Hall–Kier alpha value is -3.38. The molecule has 1 amide bonds. The van der Waals surface area contributed by atoms with Gasteiger partial charge in [0.1, 0.15) is 11.5 Å². The molecule has 1 N–H and O–H groups in total. The third kappa shape index (κ3) is 4.32. The van der Waals surface area contributed by atoms with Gasteiger partial charge in [0.15, 0.2) is 0 Å². The number of aliphatic hydroxyl groups is 1. The standard InChI is InChI=1S/C26H22BrNO4/c1-32-21-13-9-19(10-14-21)24(29)22-23(18-7-11-20(27)12-8-18)28(26(31)25(22)30)16-15-17-5-3-2-4-6-17/h2-14,23,29H,15-16H2,1H3/b24-22+. The summed E-state index contributed by atoms with van der Waals surface area (Å²) in [4.78, 5) is 27.6. The number of likely N-dealkylation sites (tertiary alicyclic amines) is 1. The number of hydrogen-bond acceptors (Lipinski definition) is 4. The van der Waals surface area contributed by atoms with Crippen LogP contribution in [0.1, 0.15) is 22.7 Å². The predicted octanol–water partition coefficient (Wildman–Crippen LogP) is 5.12. The first-order chi connectivity index (χ1) is 15.5. The van der Waals surface area contributed by atoms with E-state index in [0.717, 1.165) is 15.6 Å². The van der Waals surface area contributed by atoms with Gasteiger partial charge in [0, 0.05) is 16.6 Å². The van der Waals surface area contributed by atoms with Gasteiger partial charge in [-0.25, -0.2) is 0 Å². The summed E-state index contributed by atoms with van der Waals surface area (Å²) in [5.41, 5.74) is 2.37. The third-order valence-corrected chi connectivity index (χ3v) is 6.10. The zero-order valence-electron chi connectivity index (χ0n) is 17.5. The second-order valence-electron chi connectivity index (χ2n) is 7.51. The number of carbonyl (C=O) groups excluding carboxylic acids is 2. The fourth-order valence-electron chi connectivity index (χ4n) is 3.90. The molecule has 1 heterocycles. The van der Waals surface area contributed by atoms with E-state index in [1.165, 1.54) is 0 Å². The number of carbonyl (C=O) groups is 2. The molecule has 3 aromatic carbocycles. The first kappa shape index (κ1) is 21.8. The molecule has 0 bridgehead atoms. The maximum absolute atomic E-state index is 13.1. The highest BCUT2D eigenvalue weighted by atomic mass is 79.9. The van der Waals surface area contributed by atoms with Crippen molar-refractivity contribution in [2.45, 2.75) is 12.5 Å². The van der Waals surface area contributed by atoms with Crippen molar-refractivity contribution in [3.8, 4) is 5.75 Å². The van der Waals surface area contributed by atoms with E-state index in [-0.39, 0.29) is 11.3 Å². The van der Waals surface area contributed by atoms with Crippen LogP contribution in [0.3, 0.4) is 0 Å². The van der Waals surface area contributed by atoms with E-state index in [0.29, 0.717) is 24.3 Å². The number of methoxy groups -OCH3 is 1. The fourth-order valence-corrected chi connectivity index (χ4v) is 4.17. The molecule has 4 rings (SSSR count). The van der Waals surface area contributed by atoms with Crippen LogP contribution in [0.2, 0.25) is 0 Å². The smallest absolute Gasteiger partial charge is 0.295 e. The summed E-state index contributed by atoms with van der Waals surface area (Å²) in [7, 11) is 1.56. The number of amides is 1.